The fourth-order valence-corrected chi connectivity index (χ4v) is 2.10. The molecule has 1 aliphatic rings. The first-order valence-electron chi connectivity index (χ1n) is 4.80. The molecule has 1 aromatic heterocycles. The lowest BCUT2D eigenvalue weighted by Crippen LogP contribution is -2.26. The van der Waals surface area contributed by atoms with E-state index in [9.17, 15) is 4.79 Å². The molecule has 1 atom stereocenters. The lowest BCUT2D eigenvalue weighted by Gasteiger charge is -2.16. The molecular weight excluding hydrogens is 251 g/mol. The lowest BCUT2D eigenvalue weighted by molar-refractivity contribution is -0.117. The monoisotopic (exact) mass is 260 g/mol. The zero-order valence-corrected chi connectivity index (χ0v) is 9.87. The Morgan fingerprint density at radius 3 is 2.88 bits per heavy atom. The van der Waals surface area contributed by atoms with Crippen LogP contribution in [0.25, 0.3) is 0 Å². The fraction of sp³-hybridized carbons (Fsp3) is 0.444. The number of carbonyl (C=O) groups excluding carboxylic acids is 1. The lowest BCUT2D eigenvalue weighted by atomic mass is 10.1. The van der Waals surface area contributed by atoms with Crippen LogP contribution >= 0.6 is 23.2 Å². The molecule has 0 spiro atoms. The van der Waals surface area contributed by atoms with Crippen molar-refractivity contribution in [2.45, 2.75) is 6.42 Å². The van der Waals surface area contributed by atoms with Gasteiger partial charge in [-0.05, 0) is 24.1 Å². The average Bonchev–Trinajstić information content (AvgIpc) is 2.60. The molecule has 0 aliphatic carbocycles. The van der Waals surface area contributed by atoms with Gasteiger partial charge in [0.25, 0.3) is 0 Å². The largest absolute Gasteiger partial charge is 0.330 e. The van der Waals surface area contributed by atoms with E-state index in [-0.39, 0.29) is 22.3 Å². The number of hydrogen-bond donors (Lipinski definition) is 1. The number of anilines is 1. The second-order valence-corrected chi connectivity index (χ2v) is 4.32. The minimum absolute atomic E-state index is 0.0109. The van der Waals surface area contributed by atoms with Gasteiger partial charge in [-0.1, -0.05) is 11.6 Å². The van der Waals surface area contributed by atoms with Gasteiger partial charge in [0.15, 0.2) is 5.15 Å². The number of nitrogens with zero attached hydrogens (tertiary/aromatic N) is 3. The van der Waals surface area contributed by atoms with Gasteiger partial charge in [-0.15, -0.1) is 0 Å². The summed E-state index contributed by atoms with van der Waals surface area (Å²) in [7, 11) is 0. The van der Waals surface area contributed by atoms with Crippen LogP contribution in [0.1, 0.15) is 6.42 Å². The Morgan fingerprint density at radius 2 is 2.31 bits per heavy atom. The van der Waals surface area contributed by atoms with Crippen LogP contribution in [-0.4, -0.2) is 29.0 Å². The molecule has 1 amide bonds. The van der Waals surface area contributed by atoms with Crippen LogP contribution in [0, 0.1) is 5.92 Å². The highest BCUT2D eigenvalue weighted by Gasteiger charge is 2.31. The van der Waals surface area contributed by atoms with Crippen LogP contribution in [-0.2, 0) is 4.79 Å². The summed E-state index contributed by atoms with van der Waals surface area (Å²) < 4.78 is 0. The Hall–Kier alpha value is -0.910. The molecule has 5 nitrogen and oxygen atoms in total. The van der Waals surface area contributed by atoms with Crippen LogP contribution in [0.15, 0.2) is 6.20 Å². The van der Waals surface area contributed by atoms with Crippen LogP contribution in [0.3, 0.4) is 0 Å². The summed E-state index contributed by atoms with van der Waals surface area (Å²) in [5.74, 6) is 0.155. The third-order valence-corrected chi connectivity index (χ3v) is 2.98. The van der Waals surface area contributed by atoms with Gasteiger partial charge in [0.05, 0.1) is 11.9 Å². The van der Waals surface area contributed by atoms with Crippen LogP contribution in [0.4, 0.5) is 5.69 Å². The van der Waals surface area contributed by atoms with E-state index in [0.717, 1.165) is 0 Å². The van der Waals surface area contributed by atoms with E-state index in [1.54, 1.807) is 4.90 Å². The predicted molar refractivity (Wildman–Crippen MR) is 61.6 cm³/mol. The maximum atomic E-state index is 11.7. The van der Waals surface area contributed by atoms with Crippen molar-refractivity contribution in [1.82, 2.24) is 9.97 Å². The maximum Gasteiger partial charge on any atom is 0.227 e. The van der Waals surface area contributed by atoms with Crippen molar-refractivity contribution in [2.24, 2.45) is 11.7 Å². The molecule has 7 heteroatoms. The summed E-state index contributed by atoms with van der Waals surface area (Å²) in [6.07, 6.45) is 1.89. The van der Waals surface area contributed by atoms with Gasteiger partial charge in [0.1, 0.15) is 0 Å². The topological polar surface area (TPSA) is 72.1 Å². The quantitative estimate of drug-likeness (QED) is 0.639. The molecule has 1 saturated heterocycles. The molecule has 1 aliphatic heterocycles. The summed E-state index contributed by atoms with van der Waals surface area (Å²) in [5.41, 5.74) is 6.03. The Balaban J connectivity index is 2.28. The van der Waals surface area contributed by atoms with Crippen molar-refractivity contribution in [3.05, 3.63) is 16.6 Å². The predicted octanol–water partition coefficient (Wildman–Crippen LogP) is 1.09. The highest BCUT2D eigenvalue weighted by molar-refractivity contribution is 6.34. The van der Waals surface area contributed by atoms with Crippen molar-refractivity contribution < 1.29 is 4.79 Å². The molecule has 16 heavy (non-hydrogen) atoms. The number of rotatable bonds is 2. The van der Waals surface area contributed by atoms with Crippen LogP contribution < -0.4 is 10.6 Å². The Bertz CT molecular complexity index is 426. The van der Waals surface area contributed by atoms with Crippen LogP contribution in [0.5, 0.6) is 0 Å². The van der Waals surface area contributed by atoms with Crippen molar-refractivity contribution in [3.8, 4) is 0 Å². The summed E-state index contributed by atoms with van der Waals surface area (Å²) in [6.45, 7) is 1.04. The number of hydrogen-bond acceptors (Lipinski definition) is 4. The first-order valence-corrected chi connectivity index (χ1v) is 5.56. The standard InChI is InChI=1S/C9H10Cl2N4O/c10-8-6(3-13-9(11)14-8)15-4-5(2-12)1-7(15)16/h3,5H,1-2,4,12H2. The molecule has 86 valence electrons. The number of aromatic nitrogens is 2. The molecular formula is C9H10Cl2N4O. The van der Waals surface area contributed by atoms with E-state index >= 15 is 0 Å². The second-order valence-electron chi connectivity index (χ2n) is 3.63. The summed E-state index contributed by atoms with van der Waals surface area (Å²) in [4.78, 5) is 20.9. The van der Waals surface area contributed by atoms with Gasteiger partial charge in [0, 0.05) is 13.0 Å². The highest BCUT2D eigenvalue weighted by atomic mass is 35.5. The van der Waals surface area contributed by atoms with Gasteiger partial charge in [-0.25, -0.2) is 9.97 Å². The minimum Gasteiger partial charge on any atom is -0.330 e. The first kappa shape index (κ1) is 11.6. The van der Waals surface area contributed by atoms with E-state index < -0.39 is 0 Å². The van der Waals surface area contributed by atoms with E-state index in [4.69, 9.17) is 28.9 Å². The molecule has 2 heterocycles. The minimum atomic E-state index is -0.0109. The van der Waals surface area contributed by atoms with Gasteiger partial charge < -0.3 is 10.6 Å². The average molecular weight is 261 g/mol. The number of nitrogens with two attached hydrogens (primary N) is 1. The van der Waals surface area contributed by atoms with Gasteiger partial charge >= 0.3 is 0 Å². The highest BCUT2D eigenvalue weighted by Crippen LogP contribution is 2.29. The van der Waals surface area contributed by atoms with Gasteiger partial charge in [0.2, 0.25) is 11.2 Å². The van der Waals surface area contributed by atoms with Crippen molar-refractivity contribution in [2.75, 3.05) is 18.0 Å². The van der Waals surface area contributed by atoms with Gasteiger partial charge in [-0.3, -0.25) is 4.79 Å². The Labute approximate surface area is 103 Å². The summed E-state index contributed by atoms with van der Waals surface area (Å²) >= 11 is 11.5. The van der Waals surface area contributed by atoms with Gasteiger partial charge in [-0.2, -0.15) is 0 Å². The van der Waals surface area contributed by atoms with E-state index in [0.29, 0.717) is 25.2 Å². The normalized spacial score (nSPS) is 20.6. The zero-order valence-electron chi connectivity index (χ0n) is 8.36. The maximum absolute atomic E-state index is 11.7. The van der Waals surface area contributed by atoms with Crippen molar-refractivity contribution in [3.63, 3.8) is 0 Å². The molecule has 1 aromatic rings. The molecule has 2 rings (SSSR count). The molecule has 0 aromatic carbocycles. The zero-order chi connectivity index (χ0) is 11.7. The Morgan fingerprint density at radius 1 is 1.56 bits per heavy atom. The first-order chi connectivity index (χ1) is 7.61. The Kier molecular flexibility index (Phi) is 3.28. The number of amides is 1. The SMILES string of the molecule is NCC1CC(=O)N(c2cnc(Cl)nc2Cl)C1. The molecule has 1 unspecified atom stereocenters. The fourth-order valence-electron chi connectivity index (χ4n) is 1.69. The summed E-state index contributed by atoms with van der Waals surface area (Å²) in [5, 5.41) is 0.252. The van der Waals surface area contributed by atoms with Crippen LogP contribution in [0.2, 0.25) is 10.4 Å². The molecule has 0 radical (unpaired) electrons. The summed E-state index contributed by atoms with van der Waals surface area (Å²) in [6, 6.07) is 0. The number of carbonyl (C=O) groups is 1. The molecule has 0 bridgehead atoms. The van der Waals surface area contributed by atoms with E-state index in [2.05, 4.69) is 9.97 Å². The van der Waals surface area contributed by atoms with Crippen molar-refractivity contribution >= 4 is 34.8 Å². The molecule has 0 saturated carbocycles. The third-order valence-electron chi connectivity index (χ3n) is 2.52. The van der Waals surface area contributed by atoms with Crippen molar-refractivity contribution in [1.29, 1.82) is 0 Å². The number of halogens is 2. The molecule has 2 N–H and O–H groups in total. The van der Waals surface area contributed by atoms with E-state index in [1.165, 1.54) is 6.20 Å². The molecule has 1 fully saturated rings. The third kappa shape index (κ3) is 2.11. The van der Waals surface area contributed by atoms with E-state index in [1.807, 2.05) is 0 Å². The second kappa shape index (κ2) is 4.53. The smallest absolute Gasteiger partial charge is 0.227 e.